The summed E-state index contributed by atoms with van der Waals surface area (Å²) in [6, 6.07) is 4.07. The number of amides is 2. The van der Waals surface area contributed by atoms with Gasteiger partial charge in [-0.05, 0) is 56.7 Å². The Morgan fingerprint density at radius 3 is 2.15 bits per heavy atom. The Hall–Kier alpha value is -1.59. The first-order valence-electron chi connectivity index (χ1n) is 9.20. The molecule has 0 saturated heterocycles. The zero-order valence-electron chi connectivity index (χ0n) is 16.1. The summed E-state index contributed by atoms with van der Waals surface area (Å²) in [5, 5.41) is 5.66. The van der Waals surface area contributed by atoms with Gasteiger partial charge in [0.1, 0.15) is 0 Å². The predicted molar refractivity (Wildman–Crippen MR) is 109 cm³/mol. The van der Waals surface area contributed by atoms with Gasteiger partial charge >= 0.3 is 0 Å². The number of halogens is 1. The largest absolute Gasteiger partial charge is 0.347 e. The van der Waals surface area contributed by atoms with Crippen LogP contribution >= 0.6 is 12.4 Å². The highest BCUT2D eigenvalue weighted by molar-refractivity contribution is 5.95. The van der Waals surface area contributed by atoms with Crippen LogP contribution in [0.2, 0.25) is 0 Å². The van der Waals surface area contributed by atoms with Crippen LogP contribution in [-0.4, -0.2) is 24.9 Å². The van der Waals surface area contributed by atoms with Crippen LogP contribution in [0.3, 0.4) is 0 Å². The average Bonchev–Trinajstić information content (AvgIpc) is 2.57. The molecule has 0 aliphatic heterocycles. The minimum Gasteiger partial charge on any atom is -0.347 e. The Balaban J connectivity index is 0.00000338. The summed E-state index contributed by atoms with van der Waals surface area (Å²) in [5.41, 5.74) is 9.91. The number of nitrogens with two attached hydrogens (primary N) is 1. The summed E-state index contributed by atoms with van der Waals surface area (Å²) >= 11 is 0. The quantitative estimate of drug-likeness (QED) is 0.706. The normalized spacial score (nSPS) is 15.7. The smallest absolute Gasteiger partial charge is 0.243 e. The van der Waals surface area contributed by atoms with Crippen molar-refractivity contribution in [1.82, 2.24) is 5.32 Å². The van der Waals surface area contributed by atoms with Gasteiger partial charge in [-0.2, -0.15) is 0 Å². The first kappa shape index (κ1) is 22.5. The van der Waals surface area contributed by atoms with Gasteiger partial charge in [-0.3, -0.25) is 9.59 Å². The van der Waals surface area contributed by atoms with Crippen LogP contribution in [0.25, 0.3) is 0 Å². The molecule has 6 heteroatoms. The Morgan fingerprint density at radius 2 is 1.62 bits per heavy atom. The van der Waals surface area contributed by atoms with Crippen molar-refractivity contribution >= 4 is 29.9 Å². The molecule has 0 heterocycles. The number of carbonyl (C=O) groups excluding carboxylic acids is 2. The fraction of sp³-hybridized carbons (Fsp3) is 0.600. The highest BCUT2D eigenvalue weighted by Gasteiger charge is 2.32. The Bertz CT molecular complexity index is 617. The second-order valence-corrected chi connectivity index (χ2v) is 7.54. The van der Waals surface area contributed by atoms with Gasteiger partial charge in [-0.1, -0.05) is 37.0 Å². The van der Waals surface area contributed by atoms with Crippen LogP contribution in [0.4, 0.5) is 5.69 Å². The maximum Gasteiger partial charge on any atom is 0.243 e. The lowest BCUT2D eigenvalue weighted by atomic mass is 9.71. The molecule has 1 aliphatic rings. The van der Waals surface area contributed by atoms with Crippen LogP contribution in [0, 0.1) is 26.2 Å². The van der Waals surface area contributed by atoms with E-state index in [-0.39, 0.29) is 36.2 Å². The van der Waals surface area contributed by atoms with E-state index in [2.05, 4.69) is 10.6 Å². The molecule has 0 spiro atoms. The average molecular weight is 382 g/mol. The van der Waals surface area contributed by atoms with Crippen LogP contribution in [0.1, 0.15) is 55.2 Å². The van der Waals surface area contributed by atoms with E-state index in [1.54, 1.807) is 0 Å². The Morgan fingerprint density at radius 1 is 1.04 bits per heavy atom. The topological polar surface area (TPSA) is 84.2 Å². The summed E-state index contributed by atoms with van der Waals surface area (Å²) in [6.07, 6.45) is 5.92. The summed E-state index contributed by atoms with van der Waals surface area (Å²) in [5.74, 6) is -0.284. The number of hydrogen-bond acceptors (Lipinski definition) is 3. The minimum absolute atomic E-state index is 0. The third kappa shape index (κ3) is 5.99. The van der Waals surface area contributed by atoms with Gasteiger partial charge in [0.2, 0.25) is 11.8 Å². The van der Waals surface area contributed by atoms with Crippen molar-refractivity contribution in [3.63, 3.8) is 0 Å². The monoisotopic (exact) mass is 381 g/mol. The predicted octanol–water partition coefficient (Wildman–Crippen LogP) is 3.39. The zero-order valence-corrected chi connectivity index (χ0v) is 16.9. The lowest BCUT2D eigenvalue weighted by Crippen LogP contribution is -2.40. The van der Waals surface area contributed by atoms with Crippen LogP contribution < -0.4 is 16.4 Å². The summed E-state index contributed by atoms with van der Waals surface area (Å²) in [6.45, 7) is 6.51. The number of nitrogens with one attached hydrogen (secondary N) is 2. The van der Waals surface area contributed by atoms with E-state index < -0.39 is 0 Å². The molecule has 0 atom stereocenters. The number of aryl methyl sites for hydroxylation is 3. The summed E-state index contributed by atoms with van der Waals surface area (Å²) in [4.78, 5) is 24.5. The van der Waals surface area contributed by atoms with Gasteiger partial charge in [0.15, 0.2) is 0 Å². The molecule has 1 aromatic carbocycles. The van der Waals surface area contributed by atoms with E-state index in [1.807, 2.05) is 32.9 Å². The number of rotatable bonds is 6. The van der Waals surface area contributed by atoms with Crippen LogP contribution in [0.5, 0.6) is 0 Å². The Labute approximate surface area is 162 Å². The van der Waals surface area contributed by atoms with E-state index in [1.165, 1.54) is 12.0 Å². The number of benzene rings is 1. The molecule has 0 unspecified atom stereocenters. The highest BCUT2D eigenvalue weighted by Crippen LogP contribution is 2.38. The number of hydrogen-bond donors (Lipinski definition) is 3. The standard InChI is InChI=1S/C20H31N3O2.ClH/c1-14-9-15(2)19(16(3)10-14)23-18(25)12-22-17(24)11-20(13-21)7-5-4-6-8-20;/h9-10H,4-8,11-13,21H2,1-3H3,(H,22,24)(H,23,25);1H. The fourth-order valence-corrected chi connectivity index (χ4v) is 3.90. The maximum atomic E-state index is 12.3. The van der Waals surface area contributed by atoms with Gasteiger partial charge in [-0.25, -0.2) is 0 Å². The molecular formula is C20H32ClN3O2. The molecule has 0 aromatic heterocycles. The van der Waals surface area contributed by atoms with Gasteiger partial charge in [0, 0.05) is 12.1 Å². The highest BCUT2D eigenvalue weighted by atomic mass is 35.5. The third-order valence-corrected chi connectivity index (χ3v) is 5.27. The van der Waals surface area contributed by atoms with Crippen molar-refractivity contribution < 1.29 is 9.59 Å². The lowest BCUT2D eigenvalue weighted by Gasteiger charge is -2.35. The minimum atomic E-state index is -0.200. The maximum absolute atomic E-state index is 12.3. The second-order valence-electron chi connectivity index (χ2n) is 7.54. The molecule has 146 valence electrons. The fourth-order valence-electron chi connectivity index (χ4n) is 3.90. The van der Waals surface area contributed by atoms with Crippen molar-refractivity contribution in [3.8, 4) is 0 Å². The van der Waals surface area contributed by atoms with E-state index >= 15 is 0 Å². The summed E-state index contributed by atoms with van der Waals surface area (Å²) < 4.78 is 0. The third-order valence-electron chi connectivity index (χ3n) is 5.27. The molecule has 0 bridgehead atoms. The molecule has 1 aliphatic carbocycles. The molecule has 1 fully saturated rings. The van der Waals surface area contributed by atoms with E-state index in [4.69, 9.17) is 5.73 Å². The molecule has 1 aromatic rings. The van der Waals surface area contributed by atoms with Crippen molar-refractivity contribution in [1.29, 1.82) is 0 Å². The Kier molecular flexibility index (Phi) is 8.57. The van der Waals surface area contributed by atoms with Crippen molar-refractivity contribution in [2.24, 2.45) is 11.1 Å². The van der Waals surface area contributed by atoms with Crippen molar-refractivity contribution in [2.45, 2.75) is 59.3 Å². The first-order chi connectivity index (χ1) is 11.8. The van der Waals surface area contributed by atoms with Gasteiger partial charge in [0.25, 0.3) is 0 Å². The lowest BCUT2D eigenvalue weighted by molar-refractivity contribution is -0.126. The number of carbonyl (C=O) groups is 2. The molecule has 26 heavy (non-hydrogen) atoms. The van der Waals surface area contributed by atoms with Gasteiger partial charge < -0.3 is 16.4 Å². The van der Waals surface area contributed by atoms with Gasteiger partial charge in [-0.15, -0.1) is 12.4 Å². The molecular weight excluding hydrogens is 350 g/mol. The van der Waals surface area contributed by atoms with E-state index in [9.17, 15) is 9.59 Å². The first-order valence-corrected chi connectivity index (χ1v) is 9.20. The van der Waals surface area contributed by atoms with Crippen molar-refractivity contribution in [3.05, 3.63) is 28.8 Å². The molecule has 2 rings (SSSR count). The molecule has 2 amide bonds. The summed E-state index contributed by atoms with van der Waals surface area (Å²) in [7, 11) is 0. The second kappa shape index (κ2) is 9.93. The molecule has 5 nitrogen and oxygen atoms in total. The van der Waals surface area contributed by atoms with Crippen LogP contribution in [-0.2, 0) is 9.59 Å². The van der Waals surface area contributed by atoms with E-state index in [0.717, 1.165) is 42.5 Å². The van der Waals surface area contributed by atoms with Crippen molar-refractivity contribution in [2.75, 3.05) is 18.4 Å². The van der Waals surface area contributed by atoms with Gasteiger partial charge in [0.05, 0.1) is 6.54 Å². The molecule has 1 saturated carbocycles. The molecule has 4 N–H and O–H groups in total. The SMILES string of the molecule is Cc1cc(C)c(NC(=O)CNC(=O)CC2(CN)CCCCC2)c(C)c1.Cl. The molecule has 0 radical (unpaired) electrons. The van der Waals surface area contributed by atoms with Crippen LogP contribution in [0.15, 0.2) is 12.1 Å². The number of anilines is 1. The zero-order chi connectivity index (χ0) is 18.4. The van der Waals surface area contributed by atoms with E-state index in [0.29, 0.717) is 13.0 Å².